The number of aromatic nitrogens is 1. The minimum atomic E-state index is -0.453. The van der Waals surface area contributed by atoms with Gasteiger partial charge in [0.25, 0.3) is 0 Å². The van der Waals surface area contributed by atoms with Crippen molar-refractivity contribution in [2.75, 3.05) is 0 Å². The Morgan fingerprint density at radius 3 is 2.89 bits per heavy atom. The first-order chi connectivity index (χ1) is 13.5. The standard InChI is InChI=1S/C20H14ClNO6/c1-11-15(26-18(23)7-4-13-10-17(21)22-28-13)6-5-14-19(24)16(27-20(11)14)9-12-3-2-8-25-12/h2-3,5-6,8-10H,4,7H2,1H3/b16-9-. The minimum absolute atomic E-state index is 0.0888. The van der Waals surface area contributed by atoms with E-state index in [0.29, 0.717) is 40.6 Å². The molecule has 0 saturated heterocycles. The first-order valence-electron chi connectivity index (χ1n) is 8.44. The van der Waals surface area contributed by atoms with Gasteiger partial charge in [0.15, 0.2) is 10.9 Å². The van der Waals surface area contributed by atoms with Gasteiger partial charge in [-0.3, -0.25) is 9.59 Å². The quantitative estimate of drug-likeness (QED) is 0.357. The highest BCUT2D eigenvalue weighted by Gasteiger charge is 2.30. The molecule has 0 N–H and O–H groups in total. The number of furan rings is 1. The molecule has 3 heterocycles. The zero-order valence-electron chi connectivity index (χ0n) is 14.7. The maximum absolute atomic E-state index is 12.5. The van der Waals surface area contributed by atoms with Crippen LogP contribution in [0.15, 0.2) is 51.3 Å². The van der Waals surface area contributed by atoms with Crippen LogP contribution in [-0.4, -0.2) is 16.9 Å². The van der Waals surface area contributed by atoms with Gasteiger partial charge in [-0.2, -0.15) is 0 Å². The third-order valence-corrected chi connectivity index (χ3v) is 4.36. The van der Waals surface area contributed by atoms with Crippen molar-refractivity contribution in [1.82, 2.24) is 5.16 Å². The molecular weight excluding hydrogens is 386 g/mol. The highest BCUT2D eigenvalue weighted by molar-refractivity contribution is 6.29. The Balaban J connectivity index is 1.48. The summed E-state index contributed by atoms with van der Waals surface area (Å²) in [6.07, 6.45) is 3.43. The van der Waals surface area contributed by atoms with Crippen LogP contribution in [0.5, 0.6) is 11.5 Å². The first-order valence-corrected chi connectivity index (χ1v) is 8.82. The second-order valence-corrected chi connectivity index (χ2v) is 6.50. The van der Waals surface area contributed by atoms with Crippen LogP contribution in [0.1, 0.15) is 33.9 Å². The van der Waals surface area contributed by atoms with Crippen molar-refractivity contribution in [3.8, 4) is 11.5 Å². The number of aryl methyl sites for hydroxylation is 1. The summed E-state index contributed by atoms with van der Waals surface area (Å²) in [5, 5.41) is 3.78. The minimum Gasteiger partial charge on any atom is -0.465 e. The molecule has 28 heavy (non-hydrogen) atoms. The largest absolute Gasteiger partial charge is 0.465 e. The number of ether oxygens (including phenoxy) is 2. The van der Waals surface area contributed by atoms with Crippen LogP contribution in [0.2, 0.25) is 5.15 Å². The molecule has 1 aliphatic heterocycles. The van der Waals surface area contributed by atoms with Crippen molar-refractivity contribution < 1.29 is 28.0 Å². The van der Waals surface area contributed by atoms with Gasteiger partial charge in [-0.15, -0.1) is 0 Å². The Morgan fingerprint density at radius 2 is 2.18 bits per heavy atom. The van der Waals surface area contributed by atoms with Crippen LogP contribution < -0.4 is 9.47 Å². The number of nitrogens with zero attached hydrogens (tertiary/aromatic N) is 1. The van der Waals surface area contributed by atoms with Gasteiger partial charge in [-0.1, -0.05) is 16.8 Å². The fourth-order valence-corrected chi connectivity index (χ4v) is 2.94. The SMILES string of the molecule is Cc1c(OC(=O)CCc2cc(Cl)no2)ccc2c1O/C(=C\c1ccco1)C2=O. The van der Waals surface area contributed by atoms with Crippen LogP contribution in [0, 0.1) is 6.92 Å². The second kappa shape index (κ2) is 7.36. The van der Waals surface area contributed by atoms with E-state index in [2.05, 4.69) is 5.16 Å². The molecule has 0 spiro atoms. The Morgan fingerprint density at radius 1 is 1.32 bits per heavy atom. The Kier molecular flexibility index (Phi) is 4.75. The fourth-order valence-electron chi connectivity index (χ4n) is 2.79. The van der Waals surface area contributed by atoms with Crippen molar-refractivity contribution >= 4 is 29.4 Å². The first kappa shape index (κ1) is 18.1. The normalized spacial score (nSPS) is 14.2. The number of benzene rings is 1. The lowest BCUT2D eigenvalue weighted by Crippen LogP contribution is -2.10. The van der Waals surface area contributed by atoms with Gasteiger partial charge in [0, 0.05) is 24.1 Å². The van der Waals surface area contributed by atoms with Crippen molar-refractivity contribution in [2.24, 2.45) is 0 Å². The smallest absolute Gasteiger partial charge is 0.311 e. The molecule has 0 amide bonds. The summed E-state index contributed by atoms with van der Waals surface area (Å²) in [6, 6.07) is 8.13. The summed E-state index contributed by atoms with van der Waals surface area (Å²) >= 11 is 5.68. The van der Waals surface area contributed by atoms with Gasteiger partial charge in [0.05, 0.1) is 18.2 Å². The third kappa shape index (κ3) is 3.57. The van der Waals surface area contributed by atoms with Crippen LogP contribution in [0.3, 0.4) is 0 Å². The highest BCUT2D eigenvalue weighted by Crippen LogP contribution is 2.39. The van der Waals surface area contributed by atoms with E-state index in [9.17, 15) is 9.59 Å². The topological polar surface area (TPSA) is 91.8 Å². The fraction of sp³-hybridized carbons (Fsp3) is 0.150. The van der Waals surface area contributed by atoms with Crippen LogP contribution in [-0.2, 0) is 11.2 Å². The van der Waals surface area contributed by atoms with Crippen LogP contribution in [0.4, 0.5) is 0 Å². The summed E-state index contributed by atoms with van der Waals surface area (Å²) in [4.78, 5) is 24.6. The zero-order valence-corrected chi connectivity index (χ0v) is 15.5. The molecule has 1 aliphatic rings. The molecule has 2 aromatic heterocycles. The molecule has 7 nitrogen and oxygen atoms in total. The van der Waals surface area contributed by atoms with E-state index >= 15 is 0 Å². The molecule has 1 aromatic carbocycles. The van der Waals surface area contributed by atoms with Crippen molar-refractivity contribution in [1.29, 1.82) is 0 Å². The lowest BCUT2D eigenvalue weighted by Gasteiger charge is -2.09. The van der Waals surface area contributed by atoms with Crippen LogP contribution >= 0.6 is 11.6 Å². The number of ketones is 1. The van der Waals surface area contributed by atoms with Gasteiger partial charge in [0.1, 0.15) is 23.0 Å². The predicted molar refractivity (Wildman–Crippen MR) is 98.3 cm³/mol. The Hall–Kier alpha value is -3.32. The summed E-state index contributed by atoms with van der Waals surface area (Å²) < 4.78 is 21.3. The van der Waals surface area contributed by atoms with Crippen molar-refractivity contribution in [2.45, 2.75) is 19.8 Å². The number of rotatable bonds is 5. The van der Waals surface area contributed by atoms with E-state index in [-0.39, 0.29) is 23.1 Å². The monoisotopic (exact) mass is 399 g/mol. The Bertz CT molecular complexity index is 1080. The van der Waals surface area contributed by atoms with Gasteiger partial charge < -0.3 is 18.4 Å². The zero-order chi connectivity index (χ0) is 19.7. The van der Waals surface area contributed by atoms with Crippen LogP contribution in [0.25, 0.3) is 6.08 Å². The summed E-state index contributed by atoms with van der Waals surface area (Å²) in [5.41, 5.74) is 0.969. The number of Topliss-reactive ketones (excluding diaryl/α,β-unsaturated/α-hetero) is 1. The Labute approximate surface area is 164 Å². The number of carbonyl (C=O) groups is 2. The van der Waals surface area contributed by atoms with Crippen molar-refractivity contribution in [3.63, 3.8) is 0 Å². The van der Waals surface area contributed by atoms with Gasteiger partial charge in [0.2, 0.25) is 5.78 Å². The van der Waals surface area contributed by atoms with E-state index in [0.717, 1.165) is 0 Å². The van der Waals surface area contributed by atoms with E-state index in [1.165, 1.54) is 12.3 Å². The molecule has 4 rings (SSSR count). The number of halogens is 1. The maximum atomic E-state index is 12.5. The van der Waals surface area contributed by atoms with Gasteiger partial charge in [-0.05, 0) is 31.2 Å². The average molecular weight is 400 g/mol. The van der Waals surface area contributed by atoms with E-state index in [1.807, 2.05) is 0 Å². The molecule has 0 bridgehead atoms. The third-order valence-electron chi connectivity index (χ3n) is 4.18. The molecule has 0 atom stereocenters. The predicted octanol–water partition coefficient (Wildman–Crippen LogP) is 4.38. The van der Waals surface area contributed by atoms with Gasteiger partial charge in [-0.25, -0.2) is 0 Å². The number of hydrogen-bond donors (Lipinski definition) is 0. The molecule has 0 fully saturated rings. The number of esters is 1. The summed E-state index contributed by atoms with van der Waals surface area (Å²) in [7, 11) is 0. The maximum Gasteiger partial charge on any atom is 0.311 e. The van der Waals surface area contributed by atoms with Gasteiger partial charge >= 0.3 is 5.97 Å². The van der Waals surface area contributed by atoms with E-state index in [1.54, 1.807) is 37.3 Å². The molecular formula is C20H14ClNO6. The highest BCUT2D eigenvalue weighted by atomic mass is 35.5. The lowest BCUT2D eigenvalue weighted by molar-refractivity contribution is -0.134. The summed E-state index contributed by atoms with van der Waals surface area (Å²) in [5.74, 6) is 1.14. The molecule has 0 radical (unpaired) electrons. The van der Waals surface area contributed by atoms with E-state index < -0.39 is 5.97 Å². The molecule has 0 saturated carbocycles. The molecule has 8 heteroatoms. The molecule has 3 aromatic rings. The number of allylic oxidation sites excluding steroid dienone is 1. The molecule has 142 valence electrons. The second-order valence-electron chi connectivity index (χ2n) is 6.11. The average Bonchev–Trinajstić information content (AvgIpc) is 3.39. The number of carbonyl (C=O) groups excluding carboxylic acids is 2. The van der Waals surface area contributed by atoms with Crippen molar-refractivity contribution in [3.05, 3.63) is 70.2 Å². The number of hydrogen-bond acceptors (Lipinski definition) is 7. The molecule has 0 aliphatic carbocycles. The summed E-state index contributed by atoms with van der Waals surface area (Å²) in [6.45, 7) is 1.72. The van der Waals surface area contributed by atoms with E-state index in [4.69, 9.17) is 30.0 Å². The molecule has 0 unspecified atom stereocenters. The number of fused-ring (bicyclic) bond motifs is 1. The lowest BCUT2D eigenvalue weighted by atomic mass is 10.1.